The van der Waals surface area contributed by atoms with Gasteiger partial charge in [0.15, 0.2) is 0 Å². The van der Waals surface area contributed by atoms with Crippen LogP contribution in [-0.2, 0) is 0 Å². The van der Waals surface area contributed by atoms with E-state index in [0.717, 1.165) is 17.8 Å². The number of anilines is 3. The van der Waals surface area contributed by atoms with E-state index in [1.165, 1.54) is 0 Å². The van der Waals surface area contributed by atoms with Crippen LogP contribution in [0.15, 0.2) is 54.6 Å². The van der Waals surface area contributed by atoms with Crippen LogP contribution in [0.5, 0.6) is 0 Å². The van der Waals surface area contributed by atoms with Gasteiger partial charge in [-0.3, -0.25) is 0 Å². The van der Waals surface area contributed by atoms with Crippen LogP contribution in [-0.4, -0.2) is 16.5 Å². The third-order valence-corrected chi connectivity index (χ3v) is 3.89. The van der Waals surface area contributed by atoms with Crippen LogP contribution in [0.3, 0.4) is 0 Å². The summed E-state index contributed by atoms with van der Waals surface area (Å²) < 4.78 is 0. The maximum absolute atomic E-state index is 6.22. The monoisotopic (exact) mass is 358 g/mol. The molecule has 4 nitrogen and oxygen atoms in total. The van der Waals surface area contributed by atoms with Crippen LogP contribution in [0.2, 0.25) is 10.0 Å². The molecule has 6 heteroatoms. The summed E-state index contributed by atoms with van der Waals surface area (Å²) in [5.41, 5.74) is 2.53. The predicted molar refractivity (Wildman–Crippen MR) is 101 cm³/mol. The lowest BCUT2D eigenvalue weighted by atomic mass is 10.1. The molecule has 0 aliphatic heterocycles. The second kappa shape index (κ2) is 7.51. The molecule has 0 amide bonds. The van der Waals surface area contributed by atoms with Crippen molar-refractivity contribution in [2.24, 2.45) is 0 Å². The van der Waals surface area contributed by atoms with Gasteiger partial charge in [-0.25, -0.2) is 4.98 Å². The fourth-order valence-corrected chi connectivity index (χ4v) is 2.57. The van der Waals surface area contributed by atoms with Gasteiger partial charge in [-0.1, -0.05) is 53.5 Å². The van der Waals surface area contributed by atoms with Crippen molar-refractivity contribution in [2.75, 3.05) is 17.2 Å². The van der Waals surface area contributed by atoms with Gasteiger partial charge in [-0.15, -0.1) is 0 Å². The number of hydrogen-bond donors (Lipinski definition) is 2. The Hall–Kier alpha value is -2.30. The lowest BCUT2D eigenvalue weighted by molar-refractivity contribution is 1.09. The van der Waals surface area contributed by atoms with Crippen molar-refractivity contribution in [2.45, 2.75) is 6.92 Å². The molecule has 0 saturated carbocycles. The fourth-order valence-electron chi connectivity index (χ4n) is 2.24. The van der Waals surface area contributed by atoms with Crippen molar-refractivity contribution in [3.63, 3.8) is 0 Å². The quantitative estimate of drug-likeness (QED) is 0.620. The molecule has 0 aliphatic rings. The number of benzene rings is 2. The minimum atomic E-state index is 0.555. The van der Waals surface area contributed by atoms with E-state index in [1.807, 2.05) is 43.3 Å². The predicted octanol–water partition coefficient (Wildman–Crippen LogP) is 5.63. The number of hydrogen-bond acceptors (Lipinski definition) is 4. The molecule has 2 N–H and O–H groups in total. The SMILES string of the molecule is CCNc1nc(Nc2cc(Cl)ccc2Cl)cc(-c2ccccc2)n1. The third kappa shape index (κ3) is 3.96. The Labute approximate surface area is 150 Å². The molecule has 0 aliphatic carbocycles. The minimum absolute atomic E-state index is 0.555. The molecule has 0 spiro atoms. The Kier molecular flexibility index (Phi) is 5.18. The summed E-state index contributed by atoms with van der Waals surface area (Å²) in [6.07, 6.45) is 0. The lowest BCUT2D eigenvalue weighted by Crippen LogP contribution is -2.05. The molecule has 2 aromatic carbocycles. The Morgan fingerprint density at radius 3 is 2.50 bits per heavy atom. The van der Waals surface area contributed by atoms with Crippen LogP contribution >= 0.6 is 23.2 Å². The van der Waals surface area contributed by atoms with E-state index in [1.54, 1.807) is 18.2 Å². The minimum Gasteiger partial charge on any atom is -0.354 e. The van der Waals surface area contributed by atoms with E-state index in [4.69, 9.17) is 23.2 Å². The van der Waals surface area contributed by atoms with Crippen molar-refractivity contribution in [3.8, 4) is 11.3 Å². The summed E-state index contributed by atoms with van der Waals surface area (Å²) in [5, 5.41) is 7.54. The highest BCUT2D eigenvalue weighted by molar-refractivity contribution is 6.35. The van der Waals surface area contributed by atoms with Gasteiger partial charge in [0.05, 0.1) is 16.4 Å². The molecule has 0 atom stereocenters. The number of nitrogens with one attached hydrogen (secondary N) is 2. The highest BCUT2D eigenvalue weighted by Crippen LogP contribution is 2.29. The Morgan fingerprint density at radius 2 is 1.75 bits per heavy atom. The molecule has 0 saturated heterocycles. The molecule has 3 rings (SSSR count). The van der Waals surface area contributed by atoms with Crippen LogP contribution < -0.4 is 10.6 Å². The van der Waals surface area contributed by atoms with E-state index >= 15 is 0 Å². The van der Waals surface area contributed by atoms with Crippen molar-refractivity contribution >= 4 is 40.7 Å². The summed E-state index contributed by atoms with van der Waals surface area (Å²) in [7, 11) is 0. The summed E-state index contributed by atoms with van der Waals surface area (Å²) in [5.74, 6) is 1.20. The molecule has 1 aromatic heterocycles. The molecule has 0 radical (unpaired) electrons. The number of halogens is 2. The van der Waals surface area contributed by atoms with Gasteiger partial charge in [0.1, 0.15) is 5.82 Å². The van der Waals surface area contributed by atoms with Gasteiger partial charge in [-0.05, 0) is 25.1 Å². The number of nitrogens with zero attached hydrogens (tertiary/aromatic N) is 2. The van der Waals surface area contributed by atoms with Crippen LogP contribution in [0, 0.1) is 0 Å². The van der Waals surface area contributed by atoms with Gasteiger partial charge in [0, 0.05) is 23.2 Å². The van der Waals surface area contributed by atoms with Gasteiger partial charge in [-0.2, -0.15) is 4.98 Å². The first-order valence-corrected chi connectivity index (χ1v) is 8.32. The second-order valence-corrected chi connectivity index (χ2v) is 5.95. The van der Waals surface area contributed by atoms with Crippen molar-refractivity contribution in [1.82, 2.24) is 9.97 Å². The van der Waals surface area contributed by atoms with Crippen LogP contribution in [0.1, 0.15) is 6.92 Å². The van der Waals surface area contributed by atoms with Crippen LogP contribution in [0.25, 0.3) is 11.3 Å². The van der Waals surface area contributed by atoms with Crippen molar-refractivity contribution in [1.29, 1.82) is 0 Å². The van der Waals surface area contributed by atoms with Crippen molar-refractivity contribution in [3.05, 3.63) is 64.6 Å². The highest BCUT2D eigenvalue weighted by Gasteiger charge is 2.08. The Bertz CT molecular complexity index is 838. The van der Waals surface area contributed by atoms with Crippen molar-refractivity contribution < 1.29 is 0 Å². The summed E-state index contributed by atoms with van der Waals surface area (Å²) >= 11 is 12.3. The molecule has 0 unspecified atom stereocenters. The zero-order valence-electron chi connectivity index (χ0n) is 13.1. The zero-order valence-corrected chi connectivity index (χ0v) is 14.6. The number of aromatic nitrogens is 2. The Morgan fingerprint density at radius 1 is 0.958 bits per heavy atom. The third-order valence-electron chi connectivity index (χ3n) is 3.32. The molecule has 0 fully saturated rings. The molecule has 0 bridgehead atoms. The van der Waals surface area contributed by atoms with E-state index in [9.17, 15) is 0 Å². The second-order valence-electron chi connectivity index (χ2n) is 5.11. The average molecular weight is 359 g/mol. The fraction of sp³-hybridized carbons (Fsp3) is 0.111. The van der Waals surface area contributed by atoms with E-state index in [0.29, 0.717) is 27.5 Å². The van der Waals surface area contributed by atoms with E-state index in [2.05, 4.69) is 20.6 Å². The van der Waals surface area contributed by atoms with Gasteiger partial charge >= 0.3 is 0 Å². The Balaban J connectivity index is 2.00. The molecule has 3 aromatic rings. The number of rotatable bonds is 5. The summed E-state index contributed by atoms with van der Waals surface area (Å²) in [4.78, 5) is 9.03. The standard InChI is InChI=1S/C18H16Cl2N4/c1-2-21-18-23-15(12-6-4-3-5-7-12)11-17(24-18)22-16-10-13(19)8-9-14(16)20/h3-11H,2H2,1H3,(H2,21,22,23,24). The zero-order chi connectivity index (χ0) is 16.9. The molecule has 122 valence electrons. The average Bonchev–Trinajstić information content (AvgIpc) is 2.59. The van der Waals surface area contributed by atoms with E-state index < -0.39 is 0 Å². The molecule has 1 heterocycles. The molecular weight excluding hydrogens is 343 g/mol. The first kappa shape index (κ1) is 16.6. The maximum atomic E-state index is 6.22. The highest BCUT2D eigenvalue weighted by atomic mass is 35.5. The van der Waals surface area contributed by atoms with Gasteiger partial charge in [0.2, 0.25) is 5.95 Å². The largest absolute Gasteiger partial charge is 0.354 e. The normalized spacial score (nSPS) is 10.5. The summed E-state index contributed by atoms with van der Waals surface area (Å²) in [6, 6.07) is 17.1. The smallest absolute Gasteiger partial charge is 0.225 e. The maximum Gasteiger partial charge on any atom is 0.225 e. The molecular formula is C18H16Cl2N4. The topological polar surface area (TPSA) is 49.8 Å². The van der Waals surface area contributed by atoms with Crippen LogP contribution in [0.4, 0.5) is 17.5 Å². The molecule has 24 heavy (non-hydrogen) atoms. The summed E-state index contributed by atoms with van der Waals surface area (Å²) in [6.45, 7) is 2.73. The van der Waals surface area contributed by atoms with Gasteiger partial charge in [0.25, 0.3) is 0 Å². The van der Waals surface area contributed by atoms with Gasteiger partial charge < -0.3 is 10.6 Å². The first-order valence-electron chi connectivity index (χ1n) is 7.56. The lowest BCUT2D eigenvalue weighted by Gasteiger charge is -2.12. The first-order chi connectivity index (χ1) is 11.7. The van der Waals surface area contributed by atoms with E-state index in [-0.39, 0.29) is 0 Å².